The summed E-state index contributed by atoms with van der Waals surface area (Å²) < 4.78 is 27.2. The van der Waals surface area contributed by atoms with Crippen molar-refractivity contribution in [2.24, 2.45) is 0 Å². The first kappa shape index (κ1) is 25.7. The van der Waals surface area contributed by atoms with Gasteiger partial charge in [0.1, 0.15) is 5.25 Å². The molecule has 3 N–H and O–H groups in total. The van der Waals surface area contributed by atoms with Crippen molar-refractivity contribution >= 4 is 56.9 Å². The van der Waals surface area contributed by atoms with Crippen LogP contribution in [0, 0.1) is 0 Å². The Balaban J connectivity index is 1.40. The fraction of sp³-hybridized carbons (Fsp3) is 0.0833. The number of ketones is 2. The monoisotopic (exact) mass is 538 g/mol. The van der Waals surface area contributed by atoms with Gasteiger partial charge < -0.3 is 10.4 Å². The third-order valence-corrected chi connectivity index (χ3v) is 7.63. The van der Waals surface area contributed by atoms with E-state index in [4.69, 9.17) is 0 Å². The van der Waals surface area contributed by atoms with Crippen LogP contribution in [0.5, 0.6) is 0 Å². The number of anilines is 2. The topological polar surface area (TPSA) is 172 Å². The molecule has 1 aromatic heterocycles. The first-order valence-electron chi connectivity index (χ1n) is 10.6. The van der Waals surface area contributed by atoms with Crippen molar-refractivity contribution in [1.82, 2.24) is 9.97 Å². The van der Waals surface area contributed by atoms with E-state index in [-0.39, 0.29) is 32.6 Å². The number of amides is 1. The number of thioether (sulfide) groups is 1. The number of aliphatic carboxylic acids is 1. The van der Waals surface area contributed by atoms with E-state index in [1.807, 2.05) is 0 Å². The van der Waals surface area contributed by atoms with Crippen LogP contribution in [0.3, 0.4) is 0 Å². The fourth-order valence-corrected chi connectivity index (χ4v) is 5.33. The minimum atomic E-state index is -3.97. The fourth-order valence-electron chi connectivity index (χ4n) is 3.34. The molecule has 1 unspecified atom stereocenters. The van der Waals surface area contributed by atoms with Crippen LogP contribution >= 0.6 is 11.8 Å². The van der Waals surface area contributed by atoms with Crippen LogP contribution in [0.2, 0.25) is 0 Å². The summed E-state index contributed by atoms with van der Waals surface area (Å²) in [5.74, 6) is -3.03. The molecular weight excluding hydrogens is 520 g/mol. The quantitative estimate of drug-likeness (QED) is 0.368. The van der Waals surface area contributed by atoms with Crippen LogP contribution in [0.4, 0.5) is 11.6 Å². The number of carboxylic acid groups (broad SMARTS) is 1. The van der Waals surface area contributed by atoms with Crippen LogP contribution in [0.15, 0.2) is 82.9 Å². The first-order chi connectivity index (χ1) is 17.6. The van der Waals surface area contributed by atoms with E-state index in [0.29, 0.717) is 11.8 Å². The standard InChI is InChI=1S/C24H18N4O7S2/c29-18-12-19(22(31)17-5-2-1-4-16(17)18)36-20(23(32)33)13-21(30)27-14-6-8-15(9-7-14)37(34,35)28-24-25-10-3-11-26-24/h1-12,20H,13H2,(H,27,30)(H,32,33)(H,25,26,28). The predicted molar refractivity (Wildman–Crippen MR) is 135 cm³/mol. The normalized spacial score (nSPS) is 13.8. The Hall–Kier alpha value is -4.36. The molecule has 13 heteroatoms. The van der Waals surface area contributed by atoms with Crippen molar-refractivity contribution in [2.75, 3.05) is 10.0 Å². The summed E-state index contributed by atoms with van der Waals surface area (Å²) in [7, 11) is -3.97. The molecule has 0 saturated heterocycles. The highest BCUT2D eigenvalue weighted by Gasteiger charge is 2.31. The summed E-state index contributed by atoms with van der Waals surface area (Å²) in [6.45, 7) is 0. The average Bonchev–Trinajstić information content (AvgIpc) is 2.87. The number of carboxylic acids is 1. The van der Waals surface area contributed by atoms with Gasteiger partial charge >= 0.3 is 5.97 Å². The number of hydrogen-bond donors (Lipinski definition) is 3. The molecular formula is C24H18N4O7S2. The maximum atomic E-state index is 12.7. The minimum Gasteiger partial charge on any atom is -0.480 e. The molecule has 1 atom stereocenters. The number of hydrogen-bond acceptors (Lipinski definition) is 9. The third-order valence-electron chi connectivity index (χ3n) is 5.08. The summed E-state index contributed by atoms with van der Waals surface area (Å²) >= 11 is 0.626. The smallest absolute Gasteiger partial charge is 0.317 e. The van der Waals surface area contributed by atoms with Gasteiger partial charge in [-0.25, -0.2) is 23.1 Å². The summed E-state index contributed by atoms with van der Waals surface area (Å²) in [6, 6.07) is 12.9. The van der Waals surface area contributed by atoms with Gasteiger partial charge in [-0.05, 0) is 30.3 Å². The average molecular weight is 539 g/mol. The van der Waals surface area contributed by atoms with Gasteiger partial charge in [-0.15, -0.1) is 11.8 Å². The molecule has 0 bridgehead atoms. The van der Waals surface area contributed by atoms with Gasteiger partial charge in [0.25, 0.3) is 10.0 Å². The van der Waals surface area contributed by atoms with Crippen molar-refractivity contribution in [2.45, 2.75) is 16.6 Å². The van der Waals surface area contributed by atoms with Crippen LogP contribution in [-0.2, 0) is 19.6 Å². The molecule has 0 saturated carbocycles. The molecule has 1 amide bonds. The van der Waals surface area contributed by atoms with E-state index in [2.05, 4.69) is 20.0 Å². The van der Waals surface area contributed by atoms with Crippen LogP contribution in [-0.4, -0.2) is 52.2 Å². The third kappa shape index (κ3) is 6.08. The lowest BCUT2D eigenvalue weighted by atomic mass is 9.95. The van der Waals surface area contributed by atoms with Crippen LogP contribution in [0.1, 0.15) is 27.1 Å². The molecule has 188 valence electrons. The van der Waals surface area contributed by atoms with Crippen LogP contribution < -0.4 is 10.0 Å². The lowest BCUT2D eigenvalue weighted by Crippen LogP contribution is -2.26. The highest BCUT2D eigenvalue weighted by molar-refractivity contribution is 8.05. The second-order valence-corrected chi connectivity index (χ2v) is 10.6. The van der Waals surface area contributed by atoms with Gasteiger partial charge in [-0.2, -0.15) is 0 Å². The van der Waals surface area contributed by atoms with E-state index in [0.717, 1.165) is 6.08 Å². The molecule has 0 spiro atoms. The lowest BCUT2D eigenvalue weighted by Gasteiger charge is -2.18. The summed E-state index contributed by atoms with van der Waals surface area (Å²) in [5.41, 5.74) is 0.638. The number of carbonyl (C=O) groups excluding carboxylic acids is 3. The van der Waals surface area contributed by atoms with Gasteiger partial charge in [0.05, 0.1) is 9.80 Å². The van der Waals surface area contributed by atoms with Gasteiger partial charge in [-0.1, -0.05) is 24.3 Å². The van der Waals surface area contributed by atoms with Crippen molar-refractivity contribution in [1.29, 1.82) is 0 Å². The molecule has 37 heavy (non-hydrogen) atoms. The van der Waals surface area contributed by atoms with Gasteiger partial charge in [0.2, 0.25) is 11.9 Å². The number of nitrogens with zero attached hydrogens (tertiary/aromatic N) is 2. The molecule has 0 aliphatic heterocycles. The second-order valence-electron chi connectivity index (χ2n) is 7.65. The van der Waals surface area contributed by atoms with Crippen molar-refractivity contribution in [3.05, 3.63) is 89.1 Å². The molecule has 0 radical (unpaired) electrons. The van der Waals surface area contributed by atoms with Crippen molar-refractivity contribution in [3.8, 4) is 0 Å². The largest absolute Gasteiger partial charge is 0.480 e. The zero-order valence-corrected chi connectivity index (χ0v) is 20.5. The van der Waals surface area contributed by atoms with E-state index >= 15 is 0 Å². The number of nitrogens with one attached hydrogen (secondary N) is 2. The molecule has 1 aliphatic carbocycles. The highest BCUT2D eigenvalue weighted by Crippen LogP contribution is 2.32. The Kier molecular flexibility index (Phi) is 7.45. The molecule has 0 fully saturated rings. The molecule has 1 aliphatic rings. The Morgan fingerprint density at radius 2 is 1.59 bits per heavy atom. The zero-order valence-electron chi connectivity index (χ0n) is 18.8. The van der Waals surface area contributed by atoms with Crippen molar-refractivity contribution in [3.63, 3.8) is 0 Å². The van der Waals surface area contributed by atoms with E-state index in [1.165, 1.54) is 54.9 Å². The number of Topliss-reactive ketones (excluding diaryl/α,β-unsaturated/α-hetero) is 1. The number of fused-ring (bicyclic) bond motifs is 1. The molecule has 4 rings (SSSR count). The second kappa shape index (κ2) is 10.7. The molecule has 1 heterocycles. The Morgan fingerprint density at radius 3 is 2.24 bits per heavy atom. The van der Waals surface area contributed by atoms with E-state index in [1.54, 1.807) is 12.1 Å². The van der Waals surface area contributed by atoms with E-state index < -0.39 is 45.1 Å². The Labute approximate surface area is 215 Å². The predicted octanol–water partition coefficient (Wildman–Crippen LogP) is 2.76. The van der Waals surface area contributed by atoms with Crippen LogP contribution in [0.25, 0.3) is 0 Å². The summed E-state index contributed by atoms with van der Waals surface area (Å²) in [6.07, 6.45) is 3.33. The lowest BCUT2D eigenvalue weighted by molar-refractivity contribution is -0.137. The summed E-state index contributed by atoms with van der Waals surface area (Å²) in [5, 5.41) is 10.8. The number of sulfonamides is 1. The number of aromatic nitrogens is 2. The Morgan fingerprint density at radius 1 is 0.946 bits per heavy atom. The zero-order chi connectivity index (χ0) is 26.6. The maximum absolute atomic E-state index is 12.7. The number of allylic oxidation sites excluding steroid dienone is 2. The van der Waals surface area contributed by atoms with Gasteiger partial charge in [0.15, 0.2) is 11.6 Å². The number of carbonyl (C=O) groups is 4. The summed E-state index contributed by atoms with van der Waals surface area (Å²) in [4.78, 5) is 56.8. The number of benzene rings is 2. The maximum Gasteiger partial charge on any atom is 0.317 e. The molecule has 3 aromatic rings. The highest BCUT2D eigenvalue weighted by atomic mass is 32.2. The van der Waals surface area contributed by atoms with Crippen molar-refractivity contribution < 1.29 is 32.7 Å². The number of rotatable bonds is 9. The Bertz CT molecular complexity index is 1520. The first-order valence-corrected chi connectivity index (χ1v) is 13.0. The molecule has 2 aromatic carbocycles. The van der Waals surface area contributed by atoms with Gasteiger partial charge in [0, 0.05) is 41.7 Å². The molecule has 11 nitrogen and oxygen atoms in total. The van der Waals surface area contributed by atoms with E-state index in [9.17, 15) is 32.7 Å². The minimum absolute atomic E-state index is 0.0617. The SMILES string of the molecule is O=C(CC(SC1=CC(=O)c2ccccc2C1=O)C(=O)O)Nc1ccc(S(=O)(=O)Nc2ncccn2)cc1. The van der Waals surface area contributed by atoms with Gasteiger partial charge in [-0.3, -0.25) is 19.2 Å².